The normalized spacial score (nSPS) is 11.2. The molecule has 26 heavy (non-hydrogen) atoms. The van der Waals surface area contributed by atoms with Gasteiger partial charge in [-0.1, -0.05) is 13.8 Å². The van der Waals surface area contributed by atoms with Gasteiger partial charge in [0.25, 0.3) is 5.91 Å². The molecule has 0 aromatic carbocycles. The maximum Gasteiger partial charge on any atom is 0.405 e. The van der Waals surface area contributed by atoms with Crippen LogP contribution >= 0.6 is 11.3 Å². The summed E-state index contributed by atoms with van der Waals surface area (Å²) in [7, 11) is 0. The minimum atomic E-state index is -4.60. The highest BCUT2D eigenvalue weighted by Gasteiger charge is 2.28. The smallest absolute Gasteiger partial charge is 0.405 e. The van der Waals surface area contributed by atoms with Crippen LogP contribution in [-0.4, -0.2) is 48.8 Å². The summed E-state index contributed by atoms with van der Waals surface area (Å²) in [6.07, 6.45) is -3.67. The number of halogens is 3. The minimum absolute atomic E-state index is 0.0173. The van der Waals surface area contributed by atoms with E-state index in [-0.39, 0.29) is 5.69 Å². The zero-order valence-electron chi connectivity index (χ0n) is 14.1. The van der Waals surface area contributed by atoms with Gasteiger partial charge in [-0.2, -0.15) is 13.2 Å². The molecule has 0 spiro atoms. The molecule has 0 saturated carbocycles. The van der Waals surface area contributed by atoms with Gasteiger partial charge in [0, 0.05) is 11.9 Å². The molecule has 1 rings (SSSR count). The Morgan fingerprint density at radius 1 is 1.31 bits per heavy atom. The standard InChI is InChI=1S/C14H19F3N4O4S/c1-8(2)3-4-18-13-20-9(6-26-13)11(23)25-5-10(22)21-12(24)19-7-14(15,16)17/h6,8H,3-5,7H2,1-2H3,(H,18,20)(H2,19,21,22,24). The highest BCUT2D eigenvalue weighted by atomic mass is 32.1. The zero-order valence-corrected chi connectivity index (χ0v) is 14.9. The maximum atomic E-state index is 11.9. The Hall–Kier alpha value is -2.37. The summed E-state index contributed by atoms with van der Waals surface area (Å²) >= 11 is 1.19. The SMILES string of the molecule is CC(C)CCNc1nc(C(=O)OCC(=O)NC(=O)NCC(F)(F)F)cs1. The van der Waals surface area contributed by atoms with E-state index >= 15 is 0 Å². The molecule has 0 aliphatic heterocycles. The Bertz CT molecular complexity index is 634. The van der Waals surface area contributed by atoms with Crippen LogP contribution in [0.3, 0.4) is 0 Å². The first-order valence-electron chi connectivity index (χ1n) is 7.57. The van der Waals surface area contributed by atoms with Crippen LogP contribution in [0.1, 0.15) is 30.8 Å². The van der Waals surface area contributed by atoms with Gasteiger partial charge in [0.1, 0.15) is 6.54 Å². The highest BCUT2D eigenvalue weighted by molar-refractivity contribution is 7.13. The second kappa shape index (κ2) is 9.94. The van der Waals surface area contributed by atoms with Crippen molar-refractivity contribution in [2.45, 2.75) is 26.4 Å². The lowest BCUT2D eigenvalue weighted by Gasteiger charge is -2.09. The molecule has 0 atom stereocenters. The van der Waals surface area contributed by atoms with Crippen LogP contribution in [-0.2, 0) is 9.53 Å². The van der Waals surface area contributed by atoms with Gasteiger partial charge in [-0.25, -0.2) is 14.6 Å². The van der Waals surface area contributed by atoms with E-state index in [1.807, 2.05) is 0 Å². The van der Waals surface area contributed by atoms with Gasteiger partial charge < -0.3 is 15.4 Å². The maximum absolute atomic E-state index is 11.9. The number of nitrogens with one attached hydrogen (secondary N) is 3. The van der Waals surface area contributed by atoms with Gasteiger partial charge in [-0.3, -0.25) is 10.1 Å². The van der Waals surface area contributed by atoms with Gasteiger partial charge in [0.15, 0.2) is 17.4 Å². The number of carbonyl (C=O) groups is 3. The number of esters is 1. The second-order valence-electron chi connectivity index (χ2n) is 5.57. The fourth-order valence-corrected chi connectivity index (χ4v) is 2.22. The monoisotopic (exact) mass is 396 g/mol. The summed E-state index contributed by atoms with van der Waals surface area (Å²) in [6.45, 7) is 2.42. The number of urea groups is 1. The van der Waals surface area contributed by atoms with E-state index in [2.05, 4.69) is 28.9 Å². The predicted molar refractivity (Wildman–Crippen MR) is 87.9 cm³/mol. The number of alkyl halides is 3. The van der Waals surface area contributed by atoms with Crippen molar-refractivity contribution < 1.29 is 32.3 Å². The van der Waals surface area contributed by atoms with Crippen LogP contribution in [0.25, 0.3) is 0 Å². The average molecular weight is 396 g/mol. The first-order valence-corrected chi connectivity index (χ1v) is 8.45. The molecule has 0 bridgehead atoms. The number of imide groups is 1. The van der Waals surface area contributed by atoms with Crippen molar-refractivity contribution in [1.29, 1.82) is 0 Å². The Morgan fingerprint density at radius 2 is 2.00 bits per heavy atom. The molecule has 0 fully saturated rings. The van der Waals surface area contributed by atoms with Crippen LogP contribution in [0.5, 0.6) is 0 Å². The topological polar surface area (TPSA) is 109 Å². The van der Waals surface area contributed by atoms with E-state index in [0.29, 0.717) is 17.6 Å². The van der Waals surface area contributed by atoms with E-state index in [9.17, 15) is 27.6 Å². The van der Waals surface area contributed by atoms with E-state index in [4.69, 9.17) is 0 Å². The third kappa shape index (κ3) is 9.20. The van der Waals surface area contributed by atoms with Crippen LogP contribution in [0.2, 0.25) is 0 Å². The summed E-state index contributed by atoms with van der Waals surface area (Å²) in [5, 5.41) is 8.06. The number of ether oxygens (including phenoxy) is 1. The molecule has 12 heteroatoms. The summed E-state index contributed by atoms with van der Waals surface area (Å²) in [5.41, 5.74) is -0.0173. The third-order valence-electron chi connectivity index (χ3n) is 2.75. The van der Waals surface area contributed by atoms with Crippen molar-refractivity contribution in [2.24, 2.45) is 5.92 Å². The fourth-order valence-electron chi connectivity index (χ4n) is 1.51. The molecule has 0 unspecified atom stereocenters. The van der Waals surface area contributed by atoms with E-state index in [0.717, 1.165) is 6.42 Å². The average Bonchev–Trinajstić information content (AvgIpc) is 2.98. The van der Waals surface area contributed by atoms with Crippen LogP contribution < -0.4 is 16.0 Å². The number of rotatable bonds is 8. The number of nitrogens with zero attached hydrogens (tertiary/aromatic N) is 1. The molecular weight excluding hydrogens is 377 g/mol. The molecule has 1 aromatic heterocycles. The van der Waals surface area contributed by atoms with Gasteiger partial charge in [-0.05, 0) is 12.3 Å². The third-order valence-corrected chi connectivity index (χ3v) is 3.55. The number of hydrogen-bond donors (Lipinski definition) is 3. The van der Waals surface area contributed by atoms with Crippen molar-refractivity contribution >= 4 is 34.4 Å². The summed E-state index contributed by atoms with van der Waals surface area (Å²) in [6, 6.07) is -1.34. The lowest BCUT2D eigenvalue weighted by atomic mass is 10.1. The van der Waals surface area contributed by atoms with E-state index in [1.54, 1.807) is 5.32 Å². The first-order chi connectivity index (χ1) is 12.1. The van der Waals surface area contributed by atoms with E-state index in [1.165, 1.54) is 22.0 Å². The number of anilines is 1. The predicted octanol–water partition coefficient (Wildman–Crippen LogP) is 2.15. The molecule has 3 N–H and O–H groups in total. The number of hydrogen-bond acceptors (Lipinski definition) is 7. The van der Waals surface area contributed by atoms with E-state index < -0.39 is 37.2 Å². The largest absolute Gasteiger partial charge is 0.451 e. The fraction of sp³-hybridized carbons (Fsp3) is 0.571. The van der Waals surface area contributed by atoms with Crippen molar-refractivity contribution in [2.75, 3.05) is 25.0 Å². The number of thiazole rings is 1. The van der Waals surface area contributed by atoms with Crippen molar-refractivity contribution in [3.8, 4) is 0 Å². The molecule has 0 aliphatic rings. The van der Waals surface area contributed by atoms with Crippen molar-refractivity contribution in [3.63, 3.8) is 0 Å². The summed E-state index contributed by atoms with van der Waals surface area (Å²) in [4.78, 5) is 38.2. The quantitative estimate of drug-likeness (QED) is 0.581. The zero-order chi connectivity index (χ0) is 19.7. The van der Waals surface area contributed by atoms with Gasteiger partial charge in [-0.15, -0.1) is 11.3 Å². The van der Waals surface area contributed by atoms with Gasteiger partial charge in [0.2, 0.25) is 0 Å². The van der Waals surface area contributed by atoms with Crippen LogP contribution in [0.15, 0.2) is 5.38 Å². The van der Waals surface area contributed by atoms with Crippen LogP contribution in [0.4, 0.5) is 23.1 Å². The number of amides is 3. The molecule has 1 heterocycles. The lowest BCUT2D eigenvalue weighted by molar-refractivity contribution is -0.125. The van der Waals surface area contributed by atoms with Gasteiger partial charge >= 0.3 is 18.2 Å². The summed E-state index contributed by atoms with van der Waals surface area (Å²) in [5.74, 6) is -1.44. The van der Waals surface area contributed by atoms with Crippen LogP contribution in [0, 0.1) is 5.92 Å². The summed E-state index contributed by atoms with van der Waals surface area (Å²) < 4.78 is 40.4. The molecule has 0 aliphatic carbocycles. The number of carbonyl (C=O) groups excluding carboxylic acids is 3. The Balaban J connectivity index is 2.34. The van der Waals surface area contributed by atoms with Crippen molar-refractivity contribution in [3.05, 3.63) is 11.1 Å². The molecule has 146 valence electrons. The molecule has 3 amide bonds. The number of aromatic nitrogens is 1. The molecule has 1 aromatic rings. The molecular formula is C14H19F3N4O4S. The molecule has 8 nitrogen and oxygen atoms in total. The highest BCUT2D eigenvalue weighted by Crippen LogP contribution is 2.16. The lowest BCUT2D eigenvalue weighted by Crippen LogP contribution is -2.44. The Kier molecular flexibility index (Phi) is 8.29. The molecule has 0 radical (unpaired) electrons. The van der Waals surface area contributed by atoms with Gasteiger partial charge in [0.05, 0.1) is 0 Å². The molecule has 0 saturated heterocycles. The van der Waals surface area contributed by atoms with Crippen molar-refractivity contribution in [1.82, 2.24) is 15.6 Å². The first kappa shape index (κ1) is 21.7. The second-order valence-corrected chi connectivity index (χ2v) is 6.43. The Labute approximate surface area is 151 Å². The Morgan fingerprint density at radius 3 is 2.62 bits per heavy atom. The minimum Gasteiger partial charge on any atom is -0.451 e.